The van der Waals surface area contributed by atoms with Crippen molar-refractivity contribution in [2.45, 2.75) is 12.7 Å². The van der Waals surface area contributed by atoms with E-state index >= 15 is 0 Å². The maximum atomic E-state index is 10.8. The van der Waals surface area contributed by atoms with E-state index in [1.54, 1.807) is 18.2 Å². The van der Waals surface area contributed by atoms with E-state index in [9.17, 15) is 13.2 Å². The molecule has 1 rings (SSSR count). The van der Waals surface area contributed by atoms with Crippen LogP contribution in [0.1, 0.15) is 12.5 Å². The Labute approximate surface area is 87.9 Å². The van der Waals surface area contributed by atoms with Crippen molar-refractivity contribution in [2.24, 2.45) is 0 Å². The van der Waals surface area contributed by atoms with Gasteiger partial charge in [-0.3, -0.25) is 9.35 Å². The van der Waals surface area contributed by atoms with Crippen LogP contribution in [-0.2, 0) is 20.7 Å². The minimum Gasteiger partial charge on any atom is -0.326 e. The van der Waals surface area contributed by atoms with E-state index in [1.807, 2.05) is 0 Å². The average molecular weight is 229 g/mol. The van der Waals surface area contributed by atoms with Crippen LogP contribution in [0.25, 0.3) is 0 Å². The van der Waals surface area contributed by atoms with E-state index < -0.39 is 15.9 Å². The van der Waals surface area contributed by atoms with Crippen LogP contribution >= 0.6 is 0 Å². The fourth-order valence-electron chi connectivity index (χ4n) is 1.15. The Morgan fingerprint density at radius 3 is 2.53 bits per heavy atom. The zero-order chi connectivity index (χ0) is 11.5. The maximum absolute atomic E-state index is 10.8. The summed E-state index contributed by atoms with van der Waals surface area (Å²) >= 11 is 0. The van der Waals surface area contributed by atoms with Crippen molar-refractivity contribution in [2.75, 3.05) is 5.32 Å². The van der Waals surface area contributed by atoms with Crippen molar-refractivity contribution in [1.82, 2.24) is 0 Å². The molecule has 0 unspecified atom stereocenters. The van der Waals surface area contributed by atoms with Gasteiger partial charge in [0.1, 0.15) is 5.75 Å². The van der Waals surface area contributed by atoms with Crippen LogP contribution in [0.4, 0.5) is 5.69 Å². The van der Waals surface area contributed by atoms with Gasteiger partial charge in [0.25, 0.3) is 10.1 Å². The van der Waals surface area contributed by atoms with Crippen molar-refractivity contribution < 1.29 is 17.8 Å². The Kier molecular flexibility index (Phi) is 3.43. The molecule has 15 heavy (non-hydrogen) atoms. The van der Waals surface area contributed by atoms with Crippen LogP contribution < -0.4 is 5.32 Å². The van der Waals surface area contributed by atoms with Crippen LogP contribution in [-0.4, -0.2) is 18.9 Å². The summed E-state index contributed by atoms with van der Waals surface area (Å²) in [4.78, 5) is 10.8. The molecule has 0 fully saturated rings. The Morgan fingerprint density at radius 2 is 2.00 bits per heavy atom. The van der Waals surface area contributed by atoms with Crippen molar-refractivity contribution >= 4 is 21.7 Å². The first kappa shape index (κ1) is 11.7. The van der Waals surface area contributed by atoms with E-state index in [0.29, 0.717) is 11.3 Å². The van der Waals surface area contributed by atoms with E-state index in [-0.39, 0.29) is 5.91 Å². The summed E-state index contributed by atoms with van der Waals surface area (Å²) in [6.45, 7) is 1.32. The van der Waals surface area contributed by atoms with Gasteiger partial charge in [0.2, 0.25) is 5.91 Å². The molecule has 0 radical (unpaired) electrons. The highest BCUT2D eigenvalue weighted by atomic mass is 32.2. The molecule has 5 nitrogen and oxygen atoms in total. The second-order valence-electron chi connectivity index (χ2n) is 3.06. The predicted molar refractivity (Wildman–Crippen MR) is 56.0 cm³/mol. The van der Waals surface area contributed by atoms with Gasteiger partial charge >= 0.3 is 0 Å². The molecule has 2 N–H and O–H groups in total. The third-order valence-electron chi connectivity index (χ3n) is 1.67. The quantitative estimate of drug-likeness (QED) is 0.758. The number of hydrogen-bond donors (Lipinski definition) is 2. The highest BCUT2D eigenvalue weighted by molar-refractivity contribution is 7.85. The molecule has 0 saturated heterocycles. The van der Waals surface area contributed by atoms with E-state index in [4.69, 9.17) is 4.55 Å². The normalized spacial score (nSPS) is 11.1. The third kappa shape index (κ3) is 4.09. The lowest BCUT2D eigenvalue weighted by atomic mass is 10.2. The predicted octanol–water partition coefficient (Wildman–Crippen LogP) is 1.03. The third-order valence-corrected chi connectivity index (χ3v) is 2.34. The number of anilines is 1. The van der Waals surface area contributed by atoms with Crippen molar-refractivity contribution in [3.8, 4) is 0 Å². The Morgan fingerprint density at radius 1 is 1.40 bits per heavy atom. The van der Waals surface area contributed by atoms with Crippen LogP contribution in [0.2, 0.25) is 0 Å². The van der Waals surface area contributed by atoms with Crippen molar-refractivity contribution in [1.29, 1.82) is 0 Å². The fourth-order valence-corrected chi connectivity index (χ4v) is 1.80. The summed E-state index contributed by atoms with van der Waals surface area (Å²) in [5.41, 5.74) is 0.748. The smallest absolute Gasteiger partial charge is 0.269 e. The molecule has 0 aromatic heterocycles. The van der Waals surface area contributed by atoms with Gasteiger partial charge in [0, 0.05) is 12.6 Å². The Balaban J connectivity index is 3.01. The van der Waals surface area contributed by atoms with Gasteiger partial charge in [-0.1, -0.05) is 18.2 Å². The largest absolute Gasteiger partial charge is 0.326 e. The lowest BCUT2D eigenvalue weighted by Gasteiger charge is -2.07. The monoisotopic (exact) mass is 229 g/mol. The van der Waals surface area contributed by atoms with E-state index in [1.165, 1.54) is 13.0 Å². The lowest BCUT2D eigenvalue weighted by molar-refractivity contribution is -0.114. The number of carbonyl (C=O) groups is 1. The molecule has 1 aromatic rings. The van der Waals surface area contributed by atoms with Gasteiger partial charge in [0.05, 0.1) is 0 Å². The van der Waals surface area contributed by atoms with Gasteiger partial charge in [-0.2, -0.15) is 8.42 Å². The molecule has 0 atom stereocenters. The number of nitrogens with one attached hydrogen (secondary N) is 1. The summed E-state index contributed by atoms with van der Waals surface area (Å²) in [6.07, 6.45) is 0. The molecular formula is C9H11NO4S. The SMILES string of the molecule is CC(=O)Nc1ccccc1CS(=O)(=O)O. The van der Waals surface area contributed by atoms with Gasteiger partial charge in [-0.15, -0.1) is 0 Å². The van der Waals surface area contributed by atoms with Crippen molar-refractivity contribution in [3.63, 3.8) is 0 Å². The first-order valence-electron chi connectivity index (χ1n) is 4.19. The number of carbonyl (C=O) groups excluding carboxylic acids is 1. The highest BCUT2D eigenvalue weighted by Crippen LogP contribution is 2.17. The number of benzene rings is 1. The average Bonchev–Trinajstić information content (AvgIpc) is 2.05. The van der Waals surface area contributed by atoms with E-state index in [2.05, 4.69) is 5.32 Å². The number of para-hydroxylation sites is 1. The first-order chi connectivity index (χ1) is 6.88. The second-order valence-corrected chi connectivity index (χ2v) is 4.52. The summed E-state index contributed by atoms with van der Waals surface area (Å²) in [5, 5.41) is 2.48. The topological polar surface area (TPSA) is 83.5 Å². The molecule has 0 saturated carbocycles. The van der Waals surface area contributed by atoms with Gasteiger partial charge in [-0.05, 0) is 11.6 Å². The highest BCUT2D eigenvalue weighted by Gasteiger charge is 2.10. The Bertz CT molecular complexity index is 467. The lowest BCUT2D eigenvalue weighted by Crippen LogP contribution is -2.10. The minimum absolute atomic E-state index is 0.294. The second kappa shape index (κ2) is 4.41. The number of hydrogen-bond acceptors (Lipinski definition) is 3. The minimum atomic E-state index is -4.09. The van der Waals surface area contributed by atoms with Gasteiger partial charge in [0.15, 0.2) is 0 Å². The Hall–Kier alpha value is -1.40. The molecule has 0 aliphatic heterocycles. The zero-order valence-electron chi connectivity index (χ0n) is 8.10. The number of rotatable bonds is 3. The number of amides is 1. The summed E-state index contributed by atoms with van der Waals surface area (Å²) < 4.78 is 30.1. The summed E-state index contributed by atoms with van der Waals surface area (Å²) in [7, 11) is -4.09. The zero-order valence-corrected chi connectivity index (χ0v) is 8.91. The molecule has 1 amide bonds. The molecule has 0 spiro atoms. The van der Waals surface area contributed by atoms with E-state index in [0.717, 1.165) is 0 Å². The summed E-state index contributed by atoms with van der Waals surface area (Å²) in [6, 6.07) is 6.39. The molecule has 1 aromatic carbocycles. The van der Waals surface area contributed by atoms with Crippen LogP contribution in [0.5, 0.6) is 0 Å². The molecule has 0 aliphatic carbocycles. The van der Waals surface area contributed by atoms with Crippen LogP contribution in [0.15, 0.2) is 24.3 Å². The molecule has 6 heteroatoms. The van der Waals surface area contributed by atoms with Crippen LogP contribution in [0, 0.1) is 0 Å². The maximum Gasteiger partial charge on any atom is 0.269 e. The first-order valence-corrected chi connectivity index (χ1v) is 5.80. The molecule has 0 heterocycles. The standard InChI is InChI=1S/C9H11NO4S/c1-7(11)10-9-5-3-2-4-8(9)6-15(12,13)14/h2-5H,6H2,1H3,(H,10,11)(H,12,13,14). The van der Waals surface area contributed by atoms with Gasteiger partial charge in [-0.25, -0.2) is 0 Å². The van der Waals surface area contributed by atoms with Gasteiger partial charge < -0.3 is 5.32 Å². The summed E-state index contributed by atoms with van der Waals surface area (Å²) in [5.74, 6) is -0.804. The van der Waals surface area contributed by atoms with Crippen molar-refractivity contribution in [3.05, 3.63) is 29.8 Å². The molecule has 82 valence electrons. The molecule has 0 bridgehead atoms. The molecule has 0 aliphatic rings. The molecular weight excluding hydrogens is 218 g/mol. The van der Waals surface area contributed by atoms with Crippen LogP contribution in [0.3, 0.4) is 0 Å². The fraction of sp³-hybridized carbons (Fsp3) is 0.222.